The molecule has 0 saturated carbocycles. The third-order valence-corrected chi connectivity index (χ3v) is 6.49. The highest BCUT2D eigenvalue weighted by Crippen LogP contribution is 2.26. The summed E-state index contributed by atoms with van der Waals surface area (Å²) in [5, 5.41) is 12.0. The van der Waals surface area contributed by atoms with E-state index >= 15 is 0 Å². The second-order valence-electron chi connectivity index (χ2n) is 5.39. The minimum absolute atomic E-state index is 0.0739. The van der Waals surface area contributed by atoms with Gasteiger partial charge in [-0.2, -0.15) is 0 Å². The highest BCUT2D eigenvalue weighted by Gasteiger charge is 2.03. The first kappa shape index (κ1) is 24.0. The first-order chi connectivity index (χ1) is 14.2. The molecular formula is C21H19BrCl2N2OS2. The monoisotopic (exact) mass is 528 g/mol. The number of hydrogen-bond acceptors (Lipinski definition) is 5. The average molecular weight is 530 g/mol. The fourth-order valence-electron chi connectivity index (χ4n) is 2.18. The van der Waals surface area contributed by atoms with E-state index in [0.717, 1.165) is 25.8 Å². The van der Waals surface area contributed by atoms with Crippen LogP contribution in [0.4, 0.5) is 0 Å². The summed E-state index contributed by atoms with van der Waals surface area (Å²) in [6.07, 6.45) is 3.63. The minimum Gasteiger partial charge on any atom is -0.391 e. The molecule has 0 atom stereocenters. The Hall–Kier alpha value is -1.28. The maximum Gasteiger partial charge on any atom is 0.123 e. The molecule has 2 aromatic heterocycles. The van der Waals surface area contributed by atoms with Crippen LogP contribution in [0.5, 0.6) is 0 Å². The predicted octanol–water partition coefficient (Wildman–Crippen LogP) is 7.43. The van der Waals surface area contributed by atoms with Gasteiger partial charge >= 0.3 is 0 Å². The number of rotatable bonds is 4. The summed E-state index contributed by atoms with van der Waals surface area (Å²) in [5.41, 5.74) is 2.30. The third-order valence-electron chi connectivity index (χ3n) is 3.44. The lowest BCUT2D eigenvalue weighted by Gasteiger charge is -1.92. The number of halogens is 3. The zero-order chi connectivity index (χ0) is 20.9. The lowest BCUT2D eigenvalue weighted by molar-refractivity contribution is 0.285. The Balaban J connectivity index is 0.000000183. The first-order valence-electron chi connectivity index (χ1n) is 8.50. The predicted molar refractivity (Wildman–Crippen MR) is 130 cm³/mol. The van der Waals surface area contributed by atoms with Gasteiger partial charge < -0.3 is 5.11 Å². The van der Waals surface area contributed by atoms with E-state index in [2.05, 4.69) is 38.0 Å². The Morgan fingerprint density at radius 1 is 0.759 bits per heavy atom. The van der Waals surface area contributed by atoms with Crippen LogP contribution in [0.15, 0.2) is 73.1 Å². The SMILES string of the molecule is BrCc1cnc(-c2ccccc2)s1.ClCCl.OCc1cnc(-c2ccccc2)s1. The molecule has 152 valence electrons. The molecule has 0 bridgehead atoms. The van der Waals surface area contributed by atoms with Crippen LogP contribution >= 0.6 is 61.8 Å². The van der Waals surface area contributed by atoms with E-state index in [-0.39, 0.29) is 11.9 Å². The number of hydrogen-bond donors (Lipinski definition) is 1. The molecular weight excluding hydrogens is 511 g/mol. The minimum atomic E-state index is 0.0739. The molecule has 0 radical (unpaired) electrons. The van der Waals surface area contributed by atoms with Gasteiger partial charge in [0, 0.05) is 33.7 Å². The summed E-state index contributed by atoms with van der Waals surface area (Å²) in [5.74, 6) is 0. The molecule has 1 N–H and O–H groups in total. The number of benzene rings is 2. The summed E-state index contributed by atoms with van der Waals surface area (Å²) in [7, 11) is 0. The van der Waals surface area contributed by atoms with Crippen LogP contribution in [0, 0.1) is 0 Å². The molecule has 0 amide bonds. The summed E-state index contributed by atoms with van der Waals surface area (Å²) in [6, 6.07) is 20.2. The van der Waals surface area contributed by atoms with E-state index in [4.69, 9.17) is 28.3 Å². The molecule has 0 spiro atoms. The number of aliphatic hydroxyl groups excluding tert-OH is 1. The van der Waals surface area contributed by atoms with Gasteiger partial charge in [-0.3, -0.25) is 0 Å². The summed E-state index contributed by atoms with van der Waals surface area (Å²) in [6.45, 7) is 0.0739. The van der Waals surface area contributed by atoms with Gasteiger partial charge in [0.05, 0.1) is 16.8 Å². The van der Waals surface area contributed by atoms with Crippen LogP contribution in [-0.4, -0.2) is 20.4 Å². The molecule has 4 aromatic rings. The Morgan fingerprint density at radius 3 is 1.52 bits per heavy atom. The van der Waals surface area contributed by atoms with Crippen LogP contribution in [-0.2, 0) is 11.9 Å². The van der Waals surface area contributed by atoms with Crippen LogP contribution in [0.3, 0.4) is 0 Å². The van der Waals surface area contributed by atoms with Gasteiger partial charge in [0.15, 0.2) is 0 Å². The molecule has 0 aliphatic heterocycles. The van der Waals surface area contributed by atoms with Gasteiger partial charge in [-0.25, -0.2) is 9.97 Å². The molecule has 3 nitrogen and oxygen atoms in total. The van der Waals surface area contributed by atoms with Crippen molar-refractivity contribution in [3.63, 3.8) is 0 Å². The highest BCUT2D eigenvalue weighted by atomic mass is 79.9. The van der Waals surface area contributed by atoms with E-state index in [1.165, 1.54) is 21.8 Å². The van der Waals surface area contributed by atoms with Gasteiger partial charge in [-0.1, -0.05) is 76.6 Å². The fourth-order valence-corrected chi connectivity index (χ4v) is 4.21. The van der Waals surface area contributed by atoms with Crippen LogP contribution in [0.1, 0.15) is 9.75 Å². The van der Waals surface area contributed by atoms with E-state index in [9.17, 15) is 0 Å². The van der Waals surface area contributed by atoms with Gasteiger partial charge in [0.2, 0.25) is 0 Å². The van der Waals surface area contributed by atoms with E-state index < -0.39 is 0 Å². The van der Waals surface area contributed by atoms with Crippen molar-refractivity contribution in [3.8, 4) is 21.1 Å². The quantitative estimate of drug-likeness (QED) is 0.279. The number of aliphatic hydroxyl groups is 1. The van der Waals surface area contributed by atoms with E-state index in [1.54, 1.807) is 17.5 Å². The molecule has 29 heavy (non-hydrogen) atoms. The Kier molecular flexibility index (Phi) is 11.5. The fraction of sp³-hybridized carbons (Fsp3) is 0.143. The normalized spacial score (nSPS) is 9.79. The zero-order valence-electron chi connectivity index (χ0n) is 15.3. The Labute approximate surface area is 197 Å². The van der Waals surface area contributed by atoms with Crippen molar-refractivity contribution >= 4 is 61.8 Å². The number of alkyl halides is 3. The van der Waals surface area contributed by atoms with E-state index in [1.807, 2.05) is 54.7 Å². The second-order valence-corrected chi connectivity index (χ2v) is 8.99. The van der Waals surface area contributed by atoms with Crippen molar-refractivity contribution in [2.24, 2.45) is 0 Å². The number of nitrogens with zero attached hydrogens (tertiary/aromatic N) is 2. The molecule has 8 heteroatoms. The largest absolute Gasteiger partial charge is 0.391 e. The second kappa shape index (κ2) is 13.9. The first-order valence-corrected chi connectivity index (χ1v) is 12.3. The van der Waals surface area contributed by atoms with Gasteiger partial charge in [0.1, 0.15) is 10.0 Å². The lowest BCUT2D eigenvalue weighted by atomic mass is 10.2. The topological polar surface area (TPSA) is 46.0 Å². The van der Waals surface area contributed by atoms with Crippen LogP contribution in [0.2, 0.25) is 0 Å². The van der Waals surface area contributed by atoms with Crippen LogP contribution in [0.25, 0.3) is 21.1 Å². The van der Waals surface area contributed by atoms with E-state index in [0.29, 0.717) is 0 Å². The Bertz CT molecular complexity index is 872. The smallest absolute Gasteiger partial charge is 0.123 e. The van der Waals surface area contributed by atoms with Crippen molar-refractivity contribution in [3.05, 3.63) is 82.8 Å². The number of thiazole rings is 2. The van der Waals surface area contributed by atoms with Gasteiger partial charge in [-0.15, -0.1) is 45.9 Å². The third kappa shape index (κ3) is 8.16. The van der Waals surface area contributed by atoms with Gasteiger partial charge in [-0.05, 0) is 0 Å². The molecule has 0 aliphatic rings. The van der Waals surface area contributed by atoms with Gasteiger partial charge in [0.25, 0.3) is 0 Å². The molecule has 0 saturated heterocycles. The maximum atomic E-state index is 8.87. The molecule has 4 rings (SSSR count). The molecule has 2 aromatic carbocycles. The molecule has 2 heterocycles. The molecule has 0 aliphatic carbocycles. The van der Waals surface area contributed by atoms with Crippen molar-refractivity contribution in [1.29, 1.82) is 0 Å². The van der Waals surface area contributed by atoms with Crippen molar-refractivity contribution in [1.82, 2.24) is 9.97 Å². The van der Waals surface area contributed by atoms with Crippen molar-refractivity contribution in [2.75, 3.05) is 5.34 Å². The summed E-state index contributed by atoms with van der Waals surface area (Å²) >= 11 is 16.2. The Morgan fingerprint density at radius 2 is 1.17 bits per heavy atom. The molecule has 0 unspecified atom stereocenters. The highest BCUT2D eigenvalue weighted by molar-refractivity contribution is 9.08. The maximum absolute atomic E-state index is 8.87. The van der Waals surface area contributed by atoms with Crippen molar-refractivity contribution < 1.29 is 5.11 Å². The average Bonchev–Trinajstić information content (AvgIpc) is 3.46. The zero-order valence-corrected chi connectivity index (χ0v) is 20.1. The number of aromatic nitrogens is 2. The van der Waals surface area contributed by atoms with Crippen molar-refractivity contribution in [2.45, 2.75) is 11.9 Å². The summed E-state index contributed by atoms with van der Waals surface area (Å²) in [4.78, 5) is 10.7. The standard InChI is InChI=1S/C10H8BrNS.C10H9NOS.CH2Cl2/c11-6-9-7-12-10(13-9)8-4-2-1-3-5-8;12-7-9-6-11-10(13-9)8-4-2-1-3-5-8;2-1-3/h1-5,7H,6H2;1-6,12H,7H2;1H2. The lowest BCUT2D eigenvalue weighted by Crippen LogP contribution is -1.71. The summed E-state index contributed by atoms with van der Waals surface area (Å²) < 4.78 is 0. The molecule has 0 fully saturated rings. The van der Waals surface area contributed by atoms with Crippen LogP contribution < -0.4 is 0 Å².